The van der Waals surface area contributed by atoms with E-state index in [9.17, 15) is 14.4 Å². The Kier molecular flexibility index (Phi) is 4.17. The van der Waals surface area contributed by atoms with E-state index in [0.717, 1.165) is 25.7 Å². The van der Waals surface area contributed by atoms with Gasteiger partial charge < -0.3 is 14.7 Å². The summed E-state index contributed by atoms with van der Waals surface area (Å²) in [7, 11) is 0. The lowest BCUT2D eigenvalue weighted by atomic mass is 10.1. The second-order valence-corrected chi connectivity index (χ2v) is 4.79. The molecule has 0 bridgehead atoms. The fourth-order valence-corrected chi connectivity index (χ4v) is 2.40. The van der Waals surface area contributed by atoms with Crippen LogP contribution in [-0.2, 0) is 14.4 Å². The second kappa shape index (κ2) is 5.84. The number of hydrogen-bond donors (Lipinski definition) is 0. The van der Waals surface area contributed by atoms with Crippen molar-refractivity contribution in [2.24, 2.45) is 0 Å². The Morgan fingerprint density at radius 2 is 1.22 bits per heavy atom. The van der Waals surface area contributed by atoms with Gasteiger partial charge in [-0.1, -0.05) is 0 Å². The molecule has 2 aliphatic heterocycles. The largest absolute Gasteiger partial charge is 0.342 e. The van der Waals surface area contributed by atoms with Crippen LogP contribution in [0, 0.1) is 0 Å². The topological polar surface area (TPSA) is 60.9 Å². The van der Waals surface area contributed by atoms with Gasteiger partial charge in [-0.3, -0.25) is 14.4 Å². The first-order valence-corrected chi connectivity index (χ1v) is 6.50. The minimum atomic E-state index is -0.414. The average Bonchev–Trinajstić information content (AvgIpc) is 2.47. The van der Waals surface area contributed by atoms with Gasteiger partial charge in [-0.2, -0.15) is 0 Å². The highest BCUT2D eigenvalue weighted by atomic mass is 16.2. The molecule has 100 valence electrons. The van der Waals surface area contributed by atoms with Gasteiger partial charge in [0.05, 0.1) is 0 Å². The third-order valence-corrected chi connectivity index (χ3v) is 3.58. The lowest BCUT2D eigenvalue weighted by molar-refractivity contribution is -0.153. The van der Waals surface area contributed by atoms with Crippen LogP contribution in [0.5, 0.6) is 0 Å². The first kappa shape index (κ1) is 12.9. The molecule has 2 fully saturated rings. The van der Waals surface area contributed by atoms with Crippen LogP contribution in [0.1, 0.15) is 19.3 Å². The molecule has 0 atom stereocenters. The number of rotatable bonds is 1. The predicted molar refractivity (Wildman–Crippen MR) is 64.6 cm³/mol. The number of piperazine rings is 1. The fourth-order valence-electron chi connectivity index (χ4n) is 2.40. The smallest absolute Gasteiger partial charge is 0.312 e. The summed E-state index contributed by atoms with van der Waals surface area (Å²) >= 11 is 0. The lowest BCUT2D eigenvalue weighted by Crippen LogP contribution is -2.53. The zero-order valence-electron chi connectivity index (χ0n) is 10.5. The van der Waals surface area contributed by atoms with Crippen molar-refractivity contribution in [3.63, 3.8) is 0 Å². The molecule has 6 nitrogen and oxygen atoms in total. The molecule has 2 rings (SSSR count). The maximum atomic E-state index is 12.0. The van der Waals surface area contributed by atoms with Crippen LogP contribution in [0.2, 0.25) is 0 Å². The summed E-state index contributed by atoms with van der Waals surface area (Å²) in [5.41, 5.74) is 0. The van der Waals surface area contributed by atoms with Gasteiger partial charge in [0.25, 0.3) is 0 Å². The quantitative estimate of drug-likeness (QED) is 0.458. The Labute approximate surface area is 107 Å². The van der Waals surface area contributed by atoms with E-state index in [-0.39, 0.29) is 5.91 Å². The van der Waals surface area contributed by atoms with E-state index in [1.165, 1.54) is 0 Å². The molecule has 6 heteroatoms. The minimum absolute atomic E-state index is 0.380. The number of hydrogen-bond acceptors (Lipinski definition) is 3. The van der Waals surface area contributed by atoms with Crippen molar-refractivity contribution in [1.82, 2.24) is 14.7 Å². The molecule has 0 saturated carbocycles. The van der Waals surface area contributed by atoms with Crippen molar-refractivity contribution in [3.05, 3.63) is 0 Å². The van der Waals surface area contributed by atoms with Gasteiger partial charge in [-0.05, 0) is 19.3 Å². The summed E-state index contributed by atoms with van der Waals surface area (Å²) in [4.78, 5) is 39.4. The van der Waals surface area contributed by atoms with Gasteiger partial charge in [-0.25, -0.2) is 0 Å². The number of amides is 3. The van der Waals surface area contributed by atoms with E-state index in [0.29, 0.717) is 39.3 Å². The first-order chi connectivity index (χ1) is 8.72. The van der Waals surface area contributed by atoms with Gasteiger partial charge in [0.15, 0.2) is 0 Å². The number of carbonyl (C=O) groups is 3. The number of likely N-dealkylation sites (tertiary alicyclic amines) is 1. The fraction of sp³-hybridized carbons (Fsp3) is 0.750. The molecule has 2 saturated heterocycles. The highest BCUT2D eigenvalue weighted by Gasteiger charge is 2.29. The molecule has 0 N–H and O–H groups in total. The van der Waals surface area contributed by atoms with Crippen molar-refractivity contribution in [3.8, 4) is 0 Å². The molecular weight excluding hydrogens is 234 g/mol. The van der Waals surface area contributed by atoms with E-state index in [4.69, 9.17) is 0 Å². The zero-order valence-corrected chi connectivity index (χ0v) is 10.5. The van der Waals surface area contributed by atoms with Crippen molar-refractivity contribution in [1.29, 1.82) is 0 Å². The molecule has 18 heavy (non-hydrogen) atoms. The van der Waals surface area contributed by atoms with Gasteiger partial charge in [0.2, 0.25) is 6.41 Å². The van der Waals surface area contributed by atoms with E-state index >= 15 is 0 Å². The monoisotopic (exact) mass is 253 g/mol. The number of piperidine rings is 1. The second-order valence-electron chi connectivity index (χ2n) is 4.79. The molecule has 0 radical (unpaired) electrons. The van der Waals surface area contributed by atoms with Gasteiger partial charge >= 0.3 is 11.8 Å². The number of carbonyl (C=O) groups excluding carboxylic acids is 3. The molecule has 2 aliphatic rings. The third-order valence-electron chi connectivity index (χ3n) is 3.58. The summed E-state index contributed by atoms with van der Waals surface area (Å²) in [5.74, 6) is -0.795. The Morgan fingerprint density at radius 3 is 1.72 bits per heavy atom. The first-order valence-electron chi connectivity index (χ1n) is 6.50. The van der Waals surface area contributed by atoms with E-state index in [1.54, 1.807) is 14.7 Å². The molecule has 0 aliphatic carbocycles. The van der Waals surface area contributed by atoms with Crippen molar-refractivity contribution in [2.45, 2.75) is 19.3 Å². The molecule has 2 heterocycles. The van der Waals surface area contributed by atoms with Crippen molar-refractivity contribution in [2.75, 3.05) is 39.3 Å². The third kappa shape index (κ3) is 2.80. The summed E-state index contributed by atoms with van der Waals surface area (Å²) in [6.07, 6.45) is 3.89. The van der Waals surface area contributed by atoms with Crippen LogP contribution in [0.25, 0.3) is 0 Å². The Balaban J connectivity index is 1.87. The maximum absolute atomic E-state index is 12.0. The normalized spacial score (nSPS) is 20.8. The standard InChI is InChI=1S/C12H19N3O3/c16-10-13-6-8-15(9-7-13)12(18)11(17)14-4-2-1-3-5-14/h10H,1-9H2. The van der Waals surface area contributed by atoms with Crippen LogP contribution in [-0.4, -0.2) is 72.2 Å². The molecule has 0 aromatic heterocycles. The highest BCUT2D eigenvalue weighted by Crippen LogP contribution is 2.10. The molecular formula is C12H19N3O3. The summed E-state index contributed by atoms with van der Waals surface area (Å²) in [6, 6.07) is 0. The SMILES string of the molecule is O=CN1CCN(C(=O)C(=O)N2CCCCC2)CC1. The van der Waals surface area contributed by atoms with Crippen LogP contribution in [0.15, 0.2) is 0 Å². The van der Waals surface area contributed by atoms with Crippen LogP contribution < -0.4 is 0 Å². The summed E-state index contributed by atoms with van der Waals surface area (Å²) < 4.78 is 0. The average molecular weight is 253 g/mol. The van der Waals surface area contributed by atoms with Gasteiger partial charge in [0, 0.05) is 39.3 Å². The van der Waals surface area contributed by atoms with E-state index < -0.39 is 5.91 Å². The Morgan fingerprint density at radius 1 is 0.722 bits per heavy atom. The molecule has 0 spiro atoms. The zero-order chi connectivity index (χ0) is 13.0. The summed E-state index contributed by atoms with van der Waals surface area (Å²) in [6.45, 7) is 3.33. The Hall–Kier alpha value is -1.59. The Bertz CT molecular complexity index is 331. The van der Waals surface area contributed by atoms with Crippen LogP contribution in [0.4, 0.5) is 0 Å². The van der Waals surface area contributed by atoms with Crippen molar-refractivity contribution < 1.29 is 14.4 Å². The molecule has 0 aromatic rings. The highest BCUT2D eigenvalue weighted by molar-refractivity contribution is 6.34. The molecule has 0 aromatic carbocycles. The van der Waals surface area contributed by atoms with E-state index in [2.05, 4.69) is 0 Å². The van der Waals surface area contributed by atoms with Crippen molar-refractivity contribution >= 4 is 18.2 Å². The maximum Gasteiger partial charge on any atom is 0.312 e. The molecule has 3 amide bonds. The van der Waals surface area contributed by atoms with Crippen LogP contribution >= 0.6 is 0 Å². The summed E-state index contributed by atoms with van der Waals surface area (Å²) in [5, 5.41) is 0. The minimum Gasteiger partial charge on any atom is -0.342 e. The predicted octanol–water partition coefficient (Wildman–Crippen LogP) is -0.700. The van der Waals surface area contributed by atoms with Crippen LogP contribution in [0.3, 0.4) is 0 Å². The lowest BCUT2D eigenvalue weighted by Gasteiger charge is -2.34. The van der Waals surface area contributed by atoms with Gasteiger partial charge in [-0.15, -0.1) is 0 Å². The number of nitrogens with zero attached hydrogens (tertiary/aromatic N) is 3. The van der Waals surface area contributed by atoms with E-state index in [1.807, 2.05) is 0 Å². The molecule has 0 unspecified atom stereocenters. The van der Waals surface area contributed by atoms with Gasteiger partial charge in [0.1, 0.15) is 0 Å².